The summed E-state index contributed by atoms with van der Waals surface area (Å²) in [6.07, 6.45) is 2.25. The van der Waals surface area contributed by atoms with Crippen LogP contribution in [-0.2, 0) is 0 Å². The summed E-state index contributed by atoms with van der Waals surface area (Å²) in [6.45, 7) is 4.11. The van der Waals surface area contributed by atoms with Gasteiger partial charge in [-0.15, -0.1) is 0 Å². The summed E-state index contributed by atoms with van der Waals surface area (Å²) < 4.78 is 23.7. The van der Waals surface area contributed by atoms with Gasteiger partial charge in [0, 0.05) is 17.1 Å². The van der Waals surface area contributed by atoms with Gasteiger partial charge in [0.1, 0.15) is 13.3 Å². The van der Waals surface area contributed by atoms with Crippen LogP contribution in [0.3, 0.4) is 0 Å². The molecule has 5 nitrogen and oxygen atoms in total. The molecule has 1 aromatic rings. The van der Waals surface area contributed by atoms with Crippen molar-refractivity contribution in [3.05, 3.63) is 22.2 Å². The molecule has 1 atom stereocenters. The van der Waals surface area contributed by atoms with Crippen LogP contribution >= 0.6 is 15.9 Å². The molecule has 1 amide bonds. The number of rotatable bonds is 8. The second-order valence-corrected chi connectivity index (χ2v) is 6.57. The lowest BCUT2D eigenvalue weighted by Gasteiger charge is -2.23. The number of likely N-dealkylation sites (tertiary alicyclic amines) is 1. The molecule has 0 spiro atoms. The third-order valence-corrected chi connectivity index (χ3v) is 4.66. The lowest BCUT2D eigenvalue weighted by atomic mass is 10.1. The molecule has 24 heavy (non-hydrogen) atoms. The van der Waals surface area contributed by atoms with Gasteiger partial charge in [0.25, 0.3) is 5.91 Å². The van der Waals surface area contributed by atoms with Crippen molar-refractivity contribution in [1.29, 1.82) is 0 Å². The highest BCUT2D eigenvalue weighted by atomic mass is 79.9. The number of carbonyl (C=O) groups excluding carboxylic acids is 1. The highest BCUT2D eigenvalue weighted by Crippen LogP contribution is 2.35. The quantitative estimate of drug-likeness (QED) is 0.725. The summed E-state index contributed by atoms with van der Waals surface area (Å²) in [7, 11) is 1.47. The van der Waals surface area contributed by atoms with Crippen molar-refractivity contribution >= 4 is 21.8 Å². The van der Waals surface area contributed by atoms with Crippen molar-refractivity contribution in [2.24, 2.45) is 0 Å². The van der Waals surface area contributed by atoms with E-state index in [-0.39, 0.29) is 12.5 Å². The predicted octanol–water partition coefficient (Wildman–Crippen LogP) is 3.02. The Morgan fingerprint density at radius 2 is 2.29 bits per heavy atom. The number of halogens is 2. The van der Waals surface area contributed by atoms with Gasteiger partial charge in [0.2, 0.25) is 0 Å². The average Bonchev–Trinajstić information content (AvgIpc) is 3.04. The van der Waals surface area contributed by atoms with Crippen molar-refractivity contribution in [3.63, 3.8) is 0 Å². The van der Waals surface area contributed by atoms with E-state index in [1.54, 1.807) is 12.1 Å². The molecule has 1 saturated heterocycles. The Kier molecular flexibility index (Phi) is 7.30. The fourth-order valence-electron chi connectivity index (χ4n) is 3.05. The zero-order valence-electron chi connectivity index (χ0n) is 14.1. The van der Waals surface area contributed by atoms with Crippen LogP contribution in [0.15, 0.2) is 16.6 Å². The first-order valence-electron chi connectivity index (χ1n) is 8.19. The van der Waals surface area contributed by atoms with Gasteiger partial charge in [-0.1, -0.05) is 22.9 Å². The molecule has 0 aromatic heterocycles. The van der Waals surface area contributed by atoms with Crippen LogP contribution in [0.25, 0.3) is 0 Å². The molecule has 0 bridgehead atoms. The number of nitrogens with one attached hydrogen (secondary N) is 1. The molecule has 1 aliphatic rings. The van der Waals surface area contributed by atoms with Crippen LogP contribution < -0.4 is 14.8 Å². The molecule has 0 saturated carbocycles. The van der Waals surface area contributed by atoms with E-state index in [1.807, 2.05) is 0 Å². The molecule has 1 unspecified atom stereocenters. The number of hydrogen-bond donors (Lipinski definition) is 1. The first kappa shape index (κ1) is 19.0. The number of benzene rings is 1. The predicted molar refractivity (Wildman–Crippen MR) is 94.8 cm³/mol. The minimum absolute atomic E-state index is 0.0819. The number of amides is 1. The second kappa shape index (κ2) is 9.22. The van der Waals surface area contributed by atoms with Crippen LogP contribution in [0.2, 0.25) is 0 Å². The molecule has 0 aliphatic carbocycles. The third kappa shape index (κ3) is 4.60. The van der Waals surface area contributed by atoms with E-state index in [9.17, 15) is 9.18 Å². The molecule has 134 valence electrons. The van der Waals surface area contributed by atoms with Gasteiger partial charge in [-0.05, 0) is 38.1 Å². The second-order valence-electron chi connectivity index (χ2n) is 5.66. The maximum absolute atomic E-state index is 12.6. The number of hydrogen-bond acceptors (Lipinski definition) is 4. The Hall–Kier alpha value is -1.34. The van der Waals surface area contributed by atoms with Gasteiger partial charge < -0.3 is 14.8 Å². The van der Waals surface area contributed by atoms with Crippen molar-refractivity contribution < 1.29 is 18.7 Å². The normalized spacial score (nSPS) is 17.8. The standard InChI is InChI=1S/C17H24BrFN2O3/c1-3-21-7-4-5-13(21)11-20-17(22)14-9-12(18)10-15(16(14)23-2)24-8-6-19/h9-10,13H,3-8,11H2,1-2H3,(H,20,22). The van der Waals surface area contributed by atoms with Crippen molar-refractivity contribution in [2.45, 2.75) is 25.8 Å². The van der Waals surface area contributed by atoms with Gasteiger partial charge in [-0.25, -0.2) is 4.39 Å². The summed E-state index contributed by atoms with van der Waals surface area (Å²) in [5.41, 5.74) is 0.377. The molecule has 1 heterocycles. The van der Waals surface area contributed by atoms with Gasteiger partial charge in [0.05, 0.1) is 12.7 Å². The maximum atomic E-state index is 12.6. The Labute approximate surface area is 150 Å². The minimum Gasteiger partial charge on any atom is -0.492 e. The van der Waals surface area contributed by atoms with E-state index in [1.165, 1.54) is 7.11 Å². The van der Waals surface area contributed by atoms with Gasteiger partial charge in [-0.2, -0.15) is 0 Å². The first-order chi connectivity index (χ1) is 11.6. The summed E-state index contributed by atoms with van der Waals surface area (Å²) in [5, 5.41) is 2.98. The first-order valence-corrected chi connectivity index (χ1v) is 8.98. The summed E-state index contributed by atoms with van der Waals surface area (Å²) in [4.78, 5) is 15.0. The fourth-order valence-corrected chi connectivity index (χ4v) is 3.49. The van der Waals surface area contributed by atoms with Crippen LogP contribution in [-0.4, -0.2) is 56.9 Å². The Balaban J connectivity index is 2.11. The molecule has 7 heteroatoms. The number of carbonyl (C=O) groups is 1. The summed E-state index contributed by atoms with van der Waals surface area (Å²) >= 11 is 3.36. The smallest absolute Gasteiger partial charge is 0.255 e. The highest BCUT2D eigenvalue weighted by Gasteiger charge is 2.24. The van der Waals surface area contributed by atoms with E-state index in [2.05, 4.69) is 33.1 Å². The lowest BCUT2D eigenvalue weighted by molar-refractivity contribution is 0.0937. The molecule has 1 aromatic carbocycles. The molecule has 1 N–H and O–H groups in total. The Bertz CT molecular complexity index is 571. The fraction of sp³-hybridized carbons (Fsp3) is 0.588. The van der Waals surface area contributed by atoms with E-state index in [4.69, 9.17) is 9.47 Å². The zero-order chi connectivity index (χ0) is 17.5. The van der Waals surface area contributed by atoms with Crippen LogP contribution in [0.1, 0.15) is 30.1 Å². The molecular formula is C17H24BrFN2O3. The van der Waals surface area contributed by atoms with Crippen molar-refractivity contribution in [1.82, 2.24) is 10.2 Å². The van der Waals surface area contributed by atoms with Crippen molar-refractivity contribution in [3.8, 4) is 11.5 Å². The van der Waals surface area contributed by atoms with Gasteiger partial charge in [0.15, 0.2) is 11.5 Å². The largest absolute Gasteiger partial charge is 0.492 e. The number of methoxy groups -OCH3 is 1. The van der Waals surface area contributed by atoms with E-state index in [0.29, 0.717) is 34.1 Å². The van der Waals surface area contributed by atoms with E-state index < -0.39 is 6.67 Å². The SMILES string of the molecule is CCN1CCCC1CNC(=O)c1cc(Br)cc(OCCF)c1OC. The molecular weight excluding hydrogens is 379 g/mol. The number of nitrogens with zero attached hydrogens (tertiary/aromatic N) is 1. The maximum Gasteiger partial charge on any atom is 0.255 e. The van der Waals surface area contributed by atoms with Crippen LogP contribution in [0.5, 0.6) is 11.5 Å². The number of likely N-dealkylation sites (N-methyl/N-ethyl adjacent to an activating group) is 1. The molecule has 0 radical (unpaired) electrons. The Morgan fingerprint density at radius 3 is 2.96 bits per heavy atom. The number of ether oxygens (including phenoxy) is 2. The lowest BCUT2D eigenvalue weighted by Crippen LogP contribution is -2.40. The van der Waals surface area contributed by atoms with E-state index >= 15 is 0 Å². The van der Waals surface area contributed by atoms with Gasteiger partial charge >= 0.3 is 0 Å². The minimum atomic E-state index is -0.605. The van der Waals surface area contributed by atoms with Crippen LogP contribution in [0, 0.1) is 0 Å². The molecule has 1 aliphatic heterocycles. The Morgan fingerprint density at radius 1 is 1.50 bits per heavy atom. The van der Waals surface area contributed by atoms with Gasteiger partial charge in [-0.3, -0.25) is 9.69 Å². The third-order valence-electron chi connectivity index (χ3n) is 4.21. The molecule has 2 rings (SSSR count). The summed E-state index contributed by atoms with van der Waals surface area (Å²) in [6, 6.07) is 3.73. The zero-order valence-corrected chi connectivity index (χ0v) is 15.7. The van der Waals surface area contributed by atoms with E-state index in [0.717, 1.165) is 25.9 Å². The average molecular weight is 403 g/mol. The number of alkyl halides is 1. The monoisotopic (exact) mass is 402 g/mol. The van der Waals surface area contributed by atoms with Crippen LogP contribution in [0.4, 0.5) is 4.39 Å². The van der Waals surface area contributed by atoms with Crippen molar-refractivity contribution in [2.75, 3.05) is 40.0 Å². The topological polar surface area (TPSA) is 50.8 Å². The summed E-state index contributed by atoms with van der Waals surface area (Å²) in [5.74, 6) is 0.454. The molecule has 1 fully saturated rings. The highest BCUT2D eigenvalue weighted by molar-refractivity contribution is 9.10.